The molecular formula is C23H38N2O7. The van der Waals surface area contributed by atoms with Crippen LogP contribution in [0, 0.1) is 11.3 Å². The number of likely N-dealkylation sites (tertiary alicyclic amines) is 1. The molecule has 0 aliphatic carbocycles. The molecule has 0 radical (unpaired) electrons. The summed E-state index contributed by atoms with van der Waals surface area (Å²) in [6, 6.07) is 0. The van der Waals surface area contributed by atoms with E-state index in [0.717, 1.165) is 24.4 Å². The van der Waals surface area contributed by atoms with Crippen molar-refractivity contribution in [1.29, 1.82) is 0 Å². The van der Waals surface area contributed by atoms with E-state index in [-0.39, 0.29) is 36.3 Å². The van der Waals surface area contributed by atoms with Gasteiger partial charge in [-0.3, -0.25) is 19.3 Å². The lowest BCUT2D eigenvalue weighted by Crippen LogP contribution is -2.33. The Balaban J connectivity index is 1.32. The molecule has 1 atom stereocenters. The molecule has 0 saturated carbocycles. The quantitative estimate of drug-likeness (QED) is 0.272. The Morgan fingerprint density at radius 3 is 1.88 bits per heavy atom. The minimum absolute atomic E-state index is 0.170. The Morgan fingerprint density at radius 2 is 1.38 bits per heavy atom. The molecule has 0 N–H and O–H groups in total. The van der Waals surface area contributed by atoms with E-state index in [1.807, 2.05) is 4.90 Å². The number of carbonyl (C=O) groups excluding carboxylic acids is 3. The van der Waals surface area contributed by atoms with Gasteiger partial charge >= 0.3 is 0 Å². The van der Waals surface area contributed by atoms with Gasteiger partial charge in [0.05, 0.1) is 65.8 Å². The fourth-order valence-electron chi connectivity index (χ4n) is 3.58. The summed E-state index contributed by atoms with van der Waals surface area (Å²) in [4.78, 5) is 38.1. The Kier molecular flexibility index (Phi) is 11.3. The topological polar surface area (TPSA) is 94.6 Å². The number of hydrogen-bond donors (Lipinski definition) is 0. The number of carbonyl (C=O) groups is 3. The highest BCUT2D eigenvalue weighted by Gasteiger charge is 2.33. The van der Waals surface area contributed by atoms with Gasteiger partial charge in [-0.25, -0.2) is 0 Å². The smallest absolute Gasteiger partial charge is 0.253 e. The average molecular weight is 455 g/mol. The molecule has 182 valence electrons. The number of imide groups is 1. The lowest BCUT2D eigenvalue weighted by atomic mass is 9.80. The lowest BCUT2D eigenvalue weighted by Gasteiger charge is -2.27. The summed E-state index contributed by atoms with van der Waals surface area (Å²) in [6.45, 7) is 11.9. The highest BCUT2D eigenvalue weighted by molar-refractivity contribution is 6.12. The summed E-state index contributed by atoms with van der Waals surface area (Å²) in [6.07, 6.45) is 4.01. The van der Waals surface area contributed by atoms with Crippen molar-refractivity contribution in [3.8, 4) is 0 Å². The van der Waals surface area contributed by atoms with Gasteiger partial charge < -0.3 is 23.8 Å². The first-order chi connectivity index (χ1) is 15.3. The van der Waals surface area contributed by atoms with Gasteiger partial charge in [0.2, 0.25) is 5.91 Å². The largest absolute Gasteiger partial charge is 0.379 e. The molecule has 1 saturated heterocycles. The molecule has 0 aromatic carbocycles. The maximum absolute atomic E-state index is 12.3. The molecule has 0 bridgehead atoms. The van der Waals surface area contributed by atoms with E-state index in [2.05, 4.69) is 20.8 Å². The Bertz CT molecular complexity index is 627. The summed E-state index contributed by atoms with van der Waals surface area (Å²) >= 11 is 0. The van der Waals surface area contributed by atoms with Crippen LogP contribution in [0.25, 0.3) is 0 Å². The van der Waals surface area contributed by atoms with Crippen LogP contribution in [-0.4, -0.2) is 100 Å². The molecule has 1 unspecified atom stereocenters. The molecule has 0 spiro atoms. The molecule has 2 aliphatic rings. The number of nitrogens with zero attached hydrogens (tertiary/aromatic N) is 2. The zero-order valence-corrected chi connectivity index (χ0v) is 19.7. The first-order valence-corrected chi connectivity index (χ1v) is 11.4. The van der Waals surface area contributed by atoms with Crippen LogP contribution in [0.5, 0.6) is 0 Å². The van der Waals surface area contributed by atoms with Crippen molar-refractivity contribution in [1.82, 2.24) is 9.80 Å². The third-order valence-electron chi connectivity index (χ3n) is 5.70. The first-order valence-electron chi connectivity index (χ1n) is 11.4. The van der Waals surface area contributed by atoms with Crippen LogP contribution >= 0.6 is 0 Å². The Hall–Kier alpha value is -1.81. The summed E-state index contributed by atoms with van der Waals surface area (Å²) in [5, 5.41) is 0. The van der Waals surface area contributed by atoms with Crippen LogP contribution in [0.1, 0.15) is 33.6 Å². The van der Waals surface area contributed by atoms with Crippen molar-refractivity contribution in [3.05, 3.63) is 12.2 Å². The van der Waals surface area contributed by atoms with Gasteiger partial charge in [-0.2, -0.15) is 0 Å². The molecule has 9 heteroatoms. The van der Waals surface area contributed by atoms with Crippen molar-refractivity contribution < 1.29 is 33.3 Å². The summed E-state index contributed by atoms with van der Waals surface area (Å²) in [7, 11) is 0. The number of rotatable bonds is 15. The average Bonchev–Trinajstić information content (AvgIpc) is 3.36. The van der Waals surface area contributed by atoms with Gasteiger partial charge in [0.15, 0.2) is 0 Å². The molecule has 2 rings (SSSR count). The van der Waals surface area contributed by atoms with E-state index in [4.69, 9.17) is 18.9 Å². The van der Waals surface area contributed by atoms with Crippen LogP contribution in [0.4, 0.5) is 0 Å². The van der Waals surface area contributed by atoms with Gasteiger partial charge in [0, 0.05) is 25.2 Å². The predicted molar refractivity (Wildman–Crippen MR) is 118 cm³/mol. The fraction of sp³-hybridized carbons (Fsp3) is 0.783. The van der Waals surface area contributed by atoms with Crippen molar-refractivity contribution in [3.63, 3.8) is 0 Å². The minimum atomic E-state index is -0.302. The molecule has 1 fully saturated rings. The van der Waals surface area contributed by atoms with Crippen LogP contribution < -0.4 is 0 Å². The molecule has 0 aromatic heterocycles. The zero-order chi connectivity index (χ0) is 23.4. The second kappa shape index (κ2) is 13.7. The molecule has 32 heavy (non-hydrogen) atoms. The van der Waals surface area contributed by atoms with Gasteiger partial charge in [-0.05, 0) is 17.8 Å². The van der Waals surface area contributed by atoms with E-state index in [1.165, 1.54) is 12.2 Å². The Labute approximate surface area is 191 Å². The number of ether oxygens (including phenoxy) is 4. The van der Waals surface area contributed by atoms with E-state index in [1.54, 1.807) is 0 Å². The van der Waals surface area contributed by atoms with Gasteiger partial charge in [-0.15, -0.1) is 0 Å². The summed E-state index contributed by atoms with van der Waals surface area (Å²) < 4.78 is 21.7. The fourth-order valence-corrected chi connectivity index (χ4v) is 3.58. The third-order valence-corrected chi connectivity index (χ3v) is 5.70. The van der Waals surface area contributed by atoms with Crippen molar-refractivity contribution in [2.75, 3.05) is 72.5 Å². The van der Waals surface area contributed by atoms with Crippen LogP contribution in [-0.2, 0) is 33.3 Å². The lowest BCUT2D eigenvalue weighted by molar-refractivity contribution is -0.137. The second-order valence-corrected chi connectivity index (χ2v) is 9.05. The molecule has 0 aromatic rings. The second-order valence-electron chi connectivity index (χ2n) is 9.05. The van der Waals surface area contributed by atoms with E-state index < -0.39 is 0 Å². The SMILES string of the molecule is CC(C)(C)C1CCN(C(=O)CCOCCOCCOCCOCCN2C(=O)C=CC2=O)C1. The minimum Gasteiger partial charge on any atom is -0.379 e. The molecule has 3 amide bonds. The van der Waals surface area contributed by atoms with Crippen LogP contribution in [0.2, 0.25) is 0 Å². The maximum Gasteiger partial charge on any atom is 0.253 e. The van der Waals surface area contributed by atoms with Crippen molar-refractivity contribution in [2.45, 2.75) is 33.6 Å². The van der Waals surface area contributed by atoms with Crippen LogP contribution in [0.15, 0.2) is 12.2 Å². The van der Waals surface area contributed by atoms with Crippen molar-refractivity contribution in [2.24, 2.45) is 11.3 Å². The molecule has 2 heterocycles. The number of amides is 3. The molecule has 9 nitrogen and oxygen atoms in total. The van der Waals surface area contributed by atoms with E-state index >= 15 is 0 Å². The predicted octanol–water partition coefficient (Wildman–Crippen LogP) is 1.26. The zero-order valence-electron chi connectivity index (χ0n) is 19.7. The normalized spacial score (nSPS) is 18.9. The summed E-state index contributed by atoms with van der Waals surface area (Å²) in [5.41, 5.74) is 0.244. The van der Waals surface area contributed by atoms with E-state index in [0.29, 0.717) is 58.6 Å². The first kappa shape index (κ1) is 26.4. The molecular weight excluding hydrogens is 416 g/mol. The Morgan fingerprint density at radius 1 is 0.875 bits per heavy atom. The number of hydrogen-bond acceptors (Lipinski definition) is 7. The van der Waals surface area contributed by atoms with Gasteiger partial charge in [0.25, 0.3) is 11.8 Å². The van der Waals surface area contributed by atoms with Crippen molar-refractivity contribution >= 4 is 17.7 Å². The van der Waals surface area contributed by atoms with E-state index in [9.17, 15) is 14.4 Å². The highest BCUT2D eigenvalue weighted by Crippen LogP contribution is 2.33. The maximum atomic E-state index is 12.3. The van der Waals surface area contributed by atoms with Gasteiger partial charge in [0.1, 0.15) is 0 Å². The standard InChI is InChI=1S/C23H38N2O7/c1-23(2,3)19-6-8-24(18-19)20(26)7-10-29-12-14-31-16-17-32-15-13-30-11-9-25-21(27)4-5-22(25)28/h4-5,19H,6-18H2,1-3H3. The highest BCUT2D eigenvalue weighted by atomic mass is 16.6. The van der Waals surface area contributed by atoms with Crippen LogP contribution in [0.3, 0.4) is 0 Å². The molecule has 2 aliphatic heterocycles. The van der Waals surface area contributed by atoms with Gasteiger partial charge in [-0.1, -0.05) is 20.8 Å². The third kappa shape index (κ3) is 9.36. The summed E-state index contributed by atoms with van der Waals surface area (Å²) in [5.74, 6) is 0.133. The monoisotopic (exact) mass is 454 g/mol.